The fraction of sp³-hybridized carbons (Fsp3) is 0.308. The summed E-state index contributed by atoms with van der Waals surface area (Å²) in [7, 11) is 0. The van der Waals surface area contributed by atoms with Crippen molar-refractivity contribution in [3.8, 4) is 0 Å². The number of fused-ring (bicyclic) bond motifs is 2. The van der Waals surface area contributed by atoms with Crippen molar-refractivity contribution >= 4 is 22.5 Å². The van der Waals surface area contributed by atoms with E-state index in [2.05, 4.69) is 10.3 Å². The van der Waals surface area contributed by atoms with Crippen LogP contribution in [0.5, 0.6) is 0 Å². The van der Waals surface area contributed by atoms with Crippen LogP contribution in [-0.4, -0.2) is 11.5 Å². The van der Waals surface area contributed by atoms with Gasteiger partial charge >= 0.3 is 0 Å². The molecular weight excluding hydrogens is 236 g/mol. The van der Waals surface area contributed by atoms with Crippen molar-refractivity contribution in [3.63, 3.8) is 0 Å². The van der Waals surface area contributed by atoms with Crippen molar-refractivity contribution < 1.29 is 0 Å². The van der Waals surface area contributed by atoms with Gasteiger partial charge in [-0.1, -0.05) is 11.6 Å². The first-order valence-electron chi connectivity index (χ1n) is 5.72. The average molecular weight is 249 g/mol. The Hall–Kier alpha value is -1.32. The van der Waals surface area contributed by atoms with E-state index in [1.54, 1.807) is 12.1 Å². The number of aryl methyl sites for hydroxylation is 1. The predicted octanol–water partition coefficient (Wildman–Crippen LogP) is 2.14. The summed E-state index contributed by atoms with van der Waals surface area (Å²) in [6.07, 6.45) is 0.868. The highest BCUT2D eigenvalue weighted by atomic mass is 35.5. The molecule has 4 heteroatoms. The molecule has 17 heavy (non-hydrogen) atoms. The molecule has 3 nitrogen and oxygen atoms in total. The van der Waals surface area contributed by atoms with E-state index in [0.29, 0.717) is 11.6 Å². The van der Waals surface area contributed by atoms with Gasteiger partial charge in [-0.3, -0.25) is 4.79 Å². The molecule has 0 atom stereocenters. The zero-order valence-corrected chi connectivity index (χ0v) is 10.3. The van der Waals surface area contributed by atoms with Gasteiger partial charge in [0.1, 0.15) is 0 Å². The number of aromatic amines is 1. The molecule has 88 valence electrons. The first kappa shape index (κ1) is 10.8. The SMILES string of the molecule is Cc1c(Cl)ccc2c(=O)c3c([nH]c12)CCNC3. The molecule has 0 fully saturated rings. The molecule has 2 N–H and O–H groups in total. The Labute approximate surface area is 104 Å². The van der Waals surface area contributed by atoms with E-state index < -0.39 is 0 Å². The second-order valence-electron chi connectivity index (χ2n) is 4.43. The molecule has 0 saturated heterocycles. The summed E-state index contributed by atoms with van der Waals surface area (Å²) < 4.78 is 0. The summed E-state index contributed by atoms with van der Waals surface area (Å²) in [5, 5.41) is 4.65. The second kappa shape index (κ2) is 3.86. The van der Waals surface area contributed by atoms with Crippen LogP contribution in [0.15, 0.2) is 16.9 Å². The van der Waals surface area contributed by atoms with Crippen LogP contribution in [0.4, 0.5) is 0 Å². The Morgan fingerprint density at radius 2 is 2.18 bits per heavy atom. The summed E-state index contributed by atoms with van der Waals surface area (Å²) in [5.74, 6) is 0. The lowest BCUT2D eigenvalue weighted by atomic mass is 10.0. The first-order valence-corrected chi connectivity index (χ1v) is 6.10. The Balaban J connectivity index is 2.44. The Bertz CT molecular complexity index is 660. The molecule has 1 aromatic carbocycles. The maximum absolute atomic E-state index is 12.3. The lowest BCUT2D eigenvalue weighted by molar-refractivity contribution is 0.629. The highest BCUT2D eigenvalue weighted by Crippen LogP contribution is 2.23. The Kier molecular flexibility index (Phi) is 2.45. The molecule has 0 saturated carbocycles. The molecule has 1 aliphatic heterocycles. The molecular formula is C13H13ClN2O. The maximum Gasteiger partial charge on any atom is 0.194 e. The number of pyridine rings is 1. The van der Waals surface area contributed by atoms with Gasteiger partial charge in [0.2, 0.25) is 0 Å². The Morgan fingerprint density at radius 1 is 1.35 bits per heavy atom. The molecule has 1 aromatic heterocycles. The van der Waals surface area contributed by atoms with Gasteiger partial charge in [-0.2, -0.15) is 0 Å². The van der Waals surface area contributed by atoms with Crippen molar-refractivity contribution in [1.82, 2.24) is 10.3 Å². The lowest BCUT2D eigenvalue weighted by Crippen LogP contribution is -2.30. The third-order valence-electron chi connectivity index (χ3n) is 3.41. The summed E-state index contributed by atoms with van der Waals surface area (Å²) in [6, 6.07) is 3.59. The van der Waals surface area contributed by atoms with Crippen molar-refractivity contribution in [2.24, 2.45) is 0 Å². The molecule has 0 radical (unpaired) electrons. The summed E-state index contributed by atoms with van der Waals surface area (Å²) in [4.78, 5) is 15.7. The molecule has 3 rings (SSSR count). The normalized spacial score (nSPS) is 14.9. The maximum atomic E-state index is 12.3. The molecule has 0 aliphatic carbocycles. The van der Waals surface area contributed by atoms with E-state index in [0.717, 1.165) is 40.7 Å². The van der Waals surface area contributed by atoms with E-state index in [9.17, 15) is 4.79 Å². The number of halogens is 1. The van der Waals surface area contributed by atoms with Gasteiger partial charge in [0, 0.05) is 41.2 Å². The van der Waals surface area contributed by atoms with Gasteiger partial charge in [-0.15, -0.1) is 0 Å². The molecule has 0 unspecified atom stereocenters. The van der Waals surface area contributed by atoms with E-state index in [1.165, 1.54) is 0 Å². The van der Waals surface area contributed by atoms with E-state index in [1.807, 2.05) is 6.92 Å². The van der Waals surface area contributed by atoms with Crippen LogP contribution >= 0.6 is 11.6 Å². The fourth-order valence-corrected chi connectivity index (χ4v) is 2.55. The molecule has 2 heterocycles. The average Bonchev–Trinajstić information content (AvgIpc) is 2.35. The third-order valence-corrected chi connectivity index (χ3v) is 3.82. The minimum Gasteiger partial charge on any atom is -0.358 e. The van der Waals surface area contributed by atoms with Crippen LogP contribution in [0.3, 0.4) is 0 Å². The number of hydrogen-bond acceptors (Lipinski definition) is 2. The number of nitrogens with one attached hydrogen (secondary N) is 2. The van der Waals surface area contributed by atoms with Crippen LogP contribution in [0, 0.1) is 6.92 Å². The van der Waals surface area contributed by atoms with Crippen molar-refractivity contribution in [2.45, 2.75) is 19.9 Å². The minimum absolute atomic E-state index is 0.126. The first-order chi connectivity index (χ1) is 8.18. The van der Waals surface area contributed by atoms with Gasteiger partial charge in [-0.05, 0) is 24.6 Å². The molecule has 1 aliphatic rings. The third kappa shape index (κ3) is 1.58. The molecule has 2 aromatic rings. The predicted molar refractivity (Wildman–Crippen MR) is 69.7 cm³/mol. The van der Waals surface area contributed by atoms with Gasteiger partial charge in [-0.25, -0.2) is 0 Å². The summed E-state index contributed by atoms with van der Waals surface area (Å²) in [6.45, 7) is 3.50. The topological polar surface area (TPSA) is 44.9 Å². The summed E-state index contributed by atoms with van der Waals surface area (Å²) in [5.41, 5.74) is 3.86. The van der Waals surface area contributed by atoms with Crippen LogP contribution in [0.25, 0.3) is 10.9 Å². The highest BCUT2D eigenvalue weighted by Gasteiger charge is 2.16. The molecule has 0 spiro atoms. The van der Waals surface area contributed by atoms with Crippen LogP contribution in [0.1, 0.15) is 16.8 Å². The number of hydrogen-bond donors (Lipinski definition) is 2. The number of H-pyrrole nitrogens is 1. The van der Waals surface area contributed by atoms with Crippen LogP contribution < -0.4 is 10.7 Å². The summed E-state index contributed by atoms with van der Waals surface area (Å²) >= 11 is 6.09. The molecule has 0 bridgehead atoms. The monoisotopic (exact) mass is 248 g/mol. The van der Waals surface area contributed by atoms with Gasteiger partial charge in [0.25, 0.3) is 0 Å². The number of aromatic nitrogens is 1. The standard InChI is InChI=1S/C13H13ClN2O/c1-7-10(14)3-2-8-12(7)16-11-4-5-15-6-9(11)13(8)17/h2-3,15H,4-6H2,1H3,(H,16,17). The smallest absolute Gasteiger partial charge is 0.194 e. The zero-order valence-electron chi connectivity index (χ0n) is 9.56. The van der Waals surface area contributed by atoms with E-state index in [4.69, 9.17) is 11.6 Å². The number of rotatable bonds is 0. The largest absolute Gasteiger partial charge is 0.358 e. The second-order valence-corrected chi connectivity index (χ2v) is 4.84. The lowest BCUT2D eigenvalue weighted by Gasteiger charge is -2.18. The minimum atomic E-state index is 0.126. The molecule has 0 amide bonds. The number of benzene rings is 1. The quantitative estimate of drug-likeness (QED) is 0.750. The highest BCUT2D eigenvalue weighted by molar-refractivity contribution is 6.32. The van der Waals surface area contributed by atoms with Crippen molar-refractivity contribution in [3.05, 3.63) is 44.2 Å². The van der Waals surface area contributed by atoms with Gasteiger partial charge in [0.05, 0.1) is 5.52 Å². The zero-order chi connectivity index (χ0) is 12.0. The van der Waals surface area contributed by atoms with Gasteiger partial charge in [0.15, 0.2) is 5.43 Å². The van der Waals surface area contributed by atoms with E-state index in [-0.39, 0.29) is 5.43 Å². The Morgan fingerprint density at radius 3 is 3.00 bits per heavy atom. The fourth-order valence-electron chi connectivity index (χ4n) is 2.39. The van der Waals surface area contributed by atoms with Crippen LogP contribution in [0.2, 0.25) is 5.02 Å². The van der Waals surface area contributed by atoms with Crippen LogP contribution in [-0.2, 0) is 13.0 Å². The van der Waals surface area contributed by atoms with Crippen molar-refractivity contribution in [2.75, 3.05) is 6.54 Å². The van der Waals surface area contributed by atoms with E-state index >= 15 is 0 Å². The van der Waals surface area contributed by atoms with Crippen molar-refractivity contribution in [1.29, 1.82) is 0 Å². The van der Waals surface area contributed by atoms with Gasteiger partial charge < -0.3 is 10.3 Å².